The van der Waals surface area contributed by atoms with Gasteiger partial charge in [0, 0.05) is 5.56 Å². The smallest absolute Gasteiger partial charge is 0.150 e. The molecule has 0 aromatic heterocycles. The zero-order valence-corrected chi connectivity index (χ0v) is 15.3. The van der Waals surface area contributed by atoms with E-state index in [9.17, 15) is 4.79 Å². The lowest BCUT2D eigenvalue weighted by Gasteiger charge is -2.03. The average molecular weight is 432 g/mol. The topological polar surface area (TPSA) is 55.8 Å². The van der Waals surface area contributed by atoms with Crippen molar-refractivity contribution in [3.8, 4) is 11.5 Å². The van der Waals surface area contributed by atoms with E-state index in [4.69, 9.17) is 14.6 Å². The van der Waals surface area contributed by atoms with Crippen LogP contribution in [0.15, 0.2) is 45.3 Å². The fraction of sp³-hybridized carbons (Fsp3) is 0.188. The maximum absolute atomic E-state index is 10.3. The Morgan fingerprint density at radius 3 is 2.05 bits per heavy atom. The zero-order chi connectivity index (χ0) is 16.5. The van der Waals surface area contributed by atoms with Gasteiger partial charge >= 0.3 is 0 Å². The number of aldehydes is 1. The van der Waals surface area contributed by atoms with Crippen molar-refractivity contribution in [1.82, 2.24) is 0 Å². The Morgan fingerprint density at radius 2 is 1.55 bits per heavy atom. The molecule has 2 aromatic rings. The van der Waals surface area contributed by atoms with Crippen LogP contribution in [0.2, 0.25) is 0 Å². The third-order valence-electron chi connectivity index (χ3n) is 2.71. The molecule has 0 atom stereocenters. The van der Waals surface area contributed by atoms with Gasteiger partial charge in [0.05, 0.1) is 29.8 Å². The summed E-state index contributed by atoms with van der Waals surface area (Å²) in [4.78, 5) is 10.3. The molecule has 0 saturated carbocycles. The summed E-state index contributed by atoms with van der Waals surface area (Å²) in [5, 5.41) is 8.78. The quantitative estimate of drug-likeness (QED) is 0.736. The van der Waals surface area contributed by atoms with E-state index in [2.05, 4.69) is 31.9 Å². The minimum atomic E-state index is 0.0453. The summed E-state index contributed by atoms with van der Waals surface area (Å²) in [6, 6.07) is 10.7. The van der Waals surface area contributed by atoms with E-state index < -0.39 is 0 Å². The third-order valence-corrected chi connectivity index (χ3v) is 4.02. The molecule has 0 heterocycles. The molecular weight excluding hydrogens is 416 g/mol. The predicted molar refractivity (Wildman–Crippen MR) is 92.7 cm³/mol. The summed E-state index contributed by atoms with van der Waals surface area (Å²) < 4.78 is 11.8. The molecule has 22 heavy (non-hydrogen) atoms. The summed E-state index contributed by atoms with van der Waals surface area (Å²) in [6.45, 7) is 0.0453. The van der Waals surface area contributed by atoms with Crippen molar-refractivity contribution in [1.29, 1.82) is 0 Å². The fourth-order valence-corrected chi connectivity index (χ4v) is 2.37. The molecule has 1 N–H and O–H groups in total. The lowest BCUT2D eigenvalue weighted by Crippen LogP contribution is -1.87. The molecule has 6 heteroatoms. The molecular formula is C16H16Br2O4. The minimum Gasteiger partial charge on any atom is -0.496 e. The molecule has 0 aliphatic rings. The third kappa shape index (κ3) is 5.44. The standard InChI is InChI=1S/C8H9BrO2.C8H7BrO2/c2*1-11-8-4-6(5-10)2-3-7(8)9/h2-4,10H,5H2,1H3;2-5H,1H3. The molecule has 0 saturated heterocycles. The molecule has 4 nitrogen and oxygen atoms in total. The first-order valence-electron chi connectivity index (χ1n) is 6.27. The lowest BCUT2D eigenvalue weighted by molar-refractivity contribution is 0.112. The van der Waals surface area contributed by atoms with Crippen LogP contribution in [-0.4, -0.2) is 25.6 Å². The molecule has 0 aliphatic heterocycles. The molecule has 0 amide bonds. The number of methoxy groups -OCH3 is 2. The van der Waals surface area contributed by atoms with Crippen LogP contribution in [0.3, 0.4) is 0 Å². The van der Waals surface area contributed by atoms with Gasteiger partial charge in [-0.1, -0.05) is 12.1 Å². The van der Waals surface area contributed by atoms with Crippen molar-refractivity contribution in [2.24, 2.45) is 0 Å². The first-order chi connectivity index (χ1) is 10.5. The summed E-state index contributed by atoms with van der Waals surface area (Å²) in [7, 11) is 3.16. The number of hydrogen-bond acceptors (Lipinski definition) is 4. The highest BCUT2D eigenvalue weighted by Gasteiger charge is 2.00. The van der Waals surface area contributed by atoms with Gasteiger partial charge in [0.15, 0.2) is 0 Å². The Hall–Kier alpha value is -1.37. The predicted octanol–water partition coefficient (Wildman–Crippen LogP) is 4.22. The number of aliphatic hydroxyl groups excluding tert-OH is 1. The van der Waals surface area contributed by atoms with E-state index in [1.54, 1.807) is 38.5 Å². The highest BCUT2D eigenvalue weighted by Crippen LogP contribution is 2.25. The largest absolute Gasteiger partial charge is 0.496 e. The second-order valence-electron chi connectivity index (χ2n) is 4.14. The summed E-state index contributed by atoms with van der Waals surface area (Å²) in [6.07, 6.45) is 0.787. The number of halogens is 2. The van der Waals surface area contributed by atoms with Crippen LogP contribution < -0.4 is 9.47 Å². The number of aliphatic hydroxyl groups is 1. The Kier molecular flexibility index (Phi) is 8.16. The van der Waals surface area contributed by atoms with E-state index in [0.29, 0.717) is 11.3 Å². The first-order valence-corrected chi connectivity index (χ1v) is 7.86. The normalized spacial score (nSPS) is 9.50. The molecule has 2 rings (SSSR count). The highest BCUT2D eigenvalue weighted by atomic mass is 79.9. The van der Waals surface area contributed by atoms with Crippen LogP contribution in [0, 0.1) is 0 Å². The van der Waals surface area contributed by atoms with Gasteiger partial charge in [0.1, 0.15) is 17.8 Å². The van der Waals surface area contributed by atoms with Gasteiger partial charge in [0.25, 0.3) is 0 Å². The number of rotatable bonds is 4. The summed E-state index contributed by atoms with van der Waals surface area (Å²) >= 11 is 6.59. The number of benzene rings is 2. The Bertz CT molecular complexity index is 630. The van der Waals surface area contributed by atoms with Crippen LogP contribution in [0.5, 0.6) is 11.5 Å². The van der Waals surface area contributed by atoms with Gasteiger partial charge < -0.3 is 14.6 Å². The molecule has 0 spiro atoms. The Morgan fingerprint density at radius 1 is 1.00 bits per heavy atom. The maximum Gasteiger partial charge on any atom is 0.150 e. The lowest BCUT2D eigenvalue weighted by atomic mass is 10.2. The second kappa shape index (κ2) is 9.61. The molecule has 2 aromatic carbocycles. The van der Waals surface area contributed by atoms with Crippen LogP contribution in [-0.2, 0) is 6.61 Å². The maximum atomic E-state index is 10.3. The molecule has 0 aliphatic carbocycles. The number of carbonyl (C=O) groups excluding carboxylic acids is 1. The van der Waals surface area contributed by atoms with Crippen LogP contribution in [0.25, 0.3) is 0 Å². The van der Waals surface area contributed by atoms with Crippen LogP contribution in [0.4, 0.5) is 0 Å². The Labute approximate surface area is 146 Å². The van der Waals surface area contributed by atoms with Crippen LogP contribution in [0.1, 0.15) is 15.9 Å². The van der Waals surface area contributed by atoms with Gasteiger partial charge in [-0.25, -0.2) is 0 Å². The summed E-state index contributed by atoms with van der Waals surface area (Å²) in [5.74, 6) is 1.42. The fourth-order valence-electron chi connectivity index (χ4n) is 1.55. The van der Waals surface area contributed by atoms with Crippen molar-refractivity contribution < 1.29 is 19.4 Å². The van der Waals surface area contributed by atoms with E-state index in [-0.39, 0.29) is 6.61 Å². The van der Waals surface area contributed by atoms with Gasteiger partial charge in [-0.05, 0) is 61.7 Å². The van der Waals surface area contributed by atoms with Gasteiger partial charge in [-0.2, -0.15) is 0 Å². The van der Waals surface area contributed by atoms with Crippen molar-refractivity contribution in [3.05, 3.63) is 56.5 Å². The van der Waals surface area contributed by atoms with Crippen LogP contribution >= 0.6 is 31.9 Å². The number of ether oxygens (including phenoxy) is 2. The molecule has 0 unspecified atom stereocenters. The van der Waals surface area contributed by atoms with Gasteiger partial charge in [0.2, 0.25) is 0 Å². The second-order valence-corrected chi connectivity index (χ2v) is 5.85. The zero-order valence-electron chi connectivity index (χ0n) is 12.2. The highest BCUT2D eigenvalue weighted by molar-refractivity contribution is 9.10. The van der Waals surface area contributed by atoms with E-state index in [1.165, 1.54) is 0 Å². The van der Waals surface area contributed by atoms with E-state index >= 15 is 0 Å². The average Bonchev–Trinajstić information content (AvgIpc) is 2.56. The van der Waals surface area contributed by atoms with Crippen molar-refractivity contribution in [2.75, 3.05) is 14.2 Å². The monoisotopic (exact) mass is 430 g/mol. The summed E-state index contributed by atoms with van der Waals surface area (Å²) in [5.41, 5.74) is 1.47. The van der Waals surface area contributed by atoms with Gasteiger partial charge in [-0.15, -0.1) is 0 Å². The number of hydrogen-bond donors (Lipinski definition) is 1. The number of carbonyl (C=O) groups is 1. The minimum absolute atomic E-state index is 0.0453. The molecule has 118 valence electrons. The van der Waals surface area contributed by atoms with Crippen molar-refractivity contribution in [2.45, 2.75) is 6.61 Å². The van der Waals surface area contributed by atoms with E-state index in [0.717, 1.165) is 26.5 Å². The molecule has 0 radical (unpaired) electrons. The van der Waals surface area contributed by atoms with Crippen molar-refractivity contribution >= 4 is 38.1 Å². The molecule has 0 fully saturated rings. The van der Waals surface area contributed by atoms with Gasteiger partial charge in [-0.3, -0.25) is 4.79 Å². The first kappa shape index (κ1) is 18.7. The Balaban J connectivity index is 0.000000220. The molecule has 0 bridgehead atoms. The van der Waals surface area contributed by atoms with Crippen molar-refractivity contribution in [3.63, 3.8) is 0 Å². The van der Waals surface area contributed by atoms with E-state index in [1.807, 2.05) is 12.1 Å². The SMILES string of the molecule is COc1cc(C=O)ccc1Br.COc1cc(CO)ccc1Br.